The Bertz CT molecular complexity index is 547. The average Bonchev–Trinajstić information content (AvgIpc) is 3.16. The monoisotopic (exact) mass is 273 g/mol. The molecule has 0 aliphatic carbocycles. The molecule has 2 aromatic rings. The first-order chi connectivity index (χ1) is 9.83. The Morgan fingerprint density at radius 1 is 1.40 bits per heavy atom. The van der Waals surface area contributed by atoms with E-state index in [4.69, 9.17) is 9.47 Å². The standard InChI is InChI=1S/C15H19N3O2/c1-19-15(7-10-20-12-15)11-17-14-16-8-9-18(14)13-5-3-2-4-6-13/h2-6,8-9H,7,10-12H2,1H3,(H,16,17). The van der Waals surface area contributed by atoms with Gasteiger partial charge >= 0.3 is 0 Å². The highest BCUT2D eigenvalue weighted by molar-refractivity contribution is 5.41. The van der Waals surface area contributed by atoms with Crippen molar-refractivity contribution in [2.45, 2.75) is 12.0 Å². The van der Waals surface area contributed by atoms with Crippen LogP contribution in [0.2, 0.25) is 0 Å². The second-order valence-electron chi connectivity index (χ2n) is 5.00. The van der Waals surface area contributed by atoms with Crippen LogP contribution in [0.25, 0.3) is 5.69 Å². The lowest BCUT2D eigenvalue weighted by Gasteiger charge is -2.26. The predicted molar refractivity (Wildman–Crippen MR) is 77.2 cm³/mol. The summed E-state index contributed by atoms with van der Waals surface area (Å²) < 4.78 is 13.1. The van der Waals surface area contributed by atoms with Gasteiger partial charge in [0.15, 0.2) is 0 Å². The van der Waals surface area contributed by atoms with Gasteiger partial charge in [-0.25, -0.2) is 4.98 Å². The molecule has 1 aromatic carbocycles. The Labute approximate surface area is 118 Å². The summed E-state index contributed by atoms with van der Waals surface area (Å²) >= 11 is 0. The van der Waals surface area contributed by atoms with Crippen LogP contribution in [0.15, 0.2) is 42.7 Å². The molecule has 1 aliphatic heterocycles. The van der Waals surface area contributed by atoms with Crippen LogP contribution in [0.5, 0.6) is 0 Å². The third kappa shape index (κ3) is 2.55. The zero-order chi connectivity index (χ0) is 13.8. The van der Waals surface area contributed by atoms with Gasteiger partial charge in [-0.3, -0.25) is 4.57 Å². The molecule has 5 nitrogen and oxygen atoms in total. The van der Waals surface area contributed by atoms with Crippen molar-refractivity contribution in [3.05, 3.63) is 42.7 Å². The Hall–Kier alpha value is -1.85. The molecule has 0 saturated carbocycles. The van der Waals surface area contributed by atoms with Gasteiger partial charge in [0.2, 0.25) is 5.95 Å². The van der Waals surface area contributed by atoms with Crippen LogP contribution in [0.1, 0.15) is 6.42 Å². The number of anilines is 1. The molecule has 1 unspecified atom stereocenters. The number of nitrogens with zero attached hydrogens (tertiary/aromatic N) is 2. The second-order valence-corrected chi connectivity index (χ2v) is 5.00. The van der Waals surface area contributed by atoms with Crippen molar-refractivity contribution < 1.29 is 9.47 Å². The summed E-state index contributed by atoms with van der Waals surface area (Å²) in [5.41, 5.74) is 0.842. The van der Waals surface area contributed by atoms with Crippen LogP contribution in [-0.4, -0.2) is 42.0 Å². The third-order valence-electron chi connectivity index (χ3n) is 3.74. The molecule has 106 valence electrons. The van der Waals surface area contributed by atoms with E-state index in [0.717, 1.165) is 24.7 Å². The van der Waals surface area contributed by atoms with E-state index in [0.29, 0.717) is 13.2 Å². The molecular weight excluding hydrogens is 254 g/mol. The summed E-state index contributed by atoms with van der Waals surface area (Å²) in [5.74, 6) is 0.819. The van der Waals surface area contributed by atoms with Crippen LogP contribution in [-0.2, 0) is 9.47 Å². The summed E-state index contributed by atoms with van der Waals surface area (Å²) in [6.07, 6.45) is 4.64. The fraction of sp³-hybridized carbons (Fsp3) is 0.400. The van der Waals surface area contributed by atoms with Crippen LogP contribution in [0.4, 0.5) is 5.95 Å². The molecule has 0 amide bonds. The molecule has 3 rings (SSSR count). The van der Waals surface area contributed by atoms with Crippen molar-refractivity contribution in [3.63, 3.8) is 0 Å². The summed E-state index contributed by atoms with van der Waals surface area (Å²) in [4.78, 5) is 4.37. The molecule has 2 heterocycles. The van der Waals surface area contributed by atoms with Crippen LogP contribution in [0.3, 0.4) is 0 Å². The first kappa shape index (κ1) is 13.1. The van der Waals surface area contributed by atoms with Gasteiger partial charge < -0.3 is 14.8 Å². The molecule has 0 radical (unpaired) electrons. The maximum absolute atomic E-state index is 5.62. The maximum atomic E-state index is 5.62. The van der Waals surface area contributed by atoms with Gasteiger partial charge in [-0.1, -0.05) is 18.2 Å². The Morgan fingerprint density at radius 3 is 2.95 bits per heavy atom. The Morgan fingerprint density at radius 2 is 2.25 bits per heavy atom. The van der Waals surface area contributed by atoms with Crippen LogP contribution < -0.4 is 5.32 Å². The topological polar surface area (TPSA) is 48.3 Å². The van der Waals surface area contributed by atoms with Crippen molar-refractivity contribution in [2.75, 3.05) is 32.2 Å². The molecule has 1 atom stereocenters. The minimum atomic E-state index is -0.243. The highest BCUT2D eigenvalue weighted by Crippen LogP contribution is 2.23. The third-order valence-corrected chi connectivity index (χ3v) is 3.74. The number of hydrogen-bond donors (Lipinski definition) is 1. The lowest BCUT2D eigenvalue weighted by Crippen LogP contribution is -2.40. The van der Waals surface area contributed by atoms with Crippen molar-refractivity contribution >= 4 is 5.95 Å². The first-order valence-electron chi connectivity index (χ1n) is 6.79. The quantitative estimate of drug-likeness (QED) is 0.906. The van der Waals surface area contributed by atoms with E-state index in [1.165, 1.54) is 0 Å². The van der Waals surface area contributed by atoms with Gasteiger partial charge in [-0.2, -0.15) is 0 Å². The SMILES string of the molecule is COC1(CNc2nccn2-c2ccccc2)CCOC1. The minimum absolute atomic E-state index is 0.243. The number of para-hydroxylation sites is 1. The van der Waals surface area contributed by atoms with Crippen molar-refractivity contribution in [3.8, 4) is 5.69 Å². The van der Waals surface area contributed by atoms with E-state index in [2.05, 4.69) is 22.4 Å². The summed E-state index contributed by atoms with van der Waals surface area (Å²) in [5, 5.41) is 3.37. The lowest BCUT2D eigenvalue weighted by atomic mass is 10.0. The molecule has 0 bridgehead atoms. The number of methoxy groups -OCH3 is 1. The Kier molecular flexibility index (Phi) is 3.71. The van der Waals surface area contributed by atoms with Gasteiger partial charge in [0.05, 0.1) is 6.61 Å². The highest BCUT2D eigenvalue weighted by atomic mass is 16.5. The van der Waals surface area contributed by atoms with Gasteiger partial charge in [0, 0.05) is 44.8 Å². The molecule has 1 saturated heterocycles. The summed E-state index contributed by atoms with van der Waals surface area (Å²) in [7, 11) is 1.74. The number of hydrogen-bond acceptors (Lipinski definition) is 4. The number of imidazole rings is 1. The van der Waals surface area contributed by atoms with E-state index in [1.54, 1.807) is 13.3 Å². The smallest absolute Gasteiger partial charge is 0.207 e. The number of benzene rings is 1. The molecule has 1 aromatic heterocycles. The molecule has 1 N–H and O–H groups in total. The van der Waals surface area contributed by atoms with Gasteiger partial charge in [-0.15, -0.1) is 0 Å². The fourth-order valence-electron chi connectivity index (χ4n) is 2.43. The summed E-state index contributed by atoms with van der Waals surface area (Å²) in [6.45, 7) is 2.07. The molecule has 1 fully saturated rings. The number of aromatic nitrogens is 2. The van der Waals surface area contributed by atoms with E-state index >= 15 is 0 Å². The normalized spacial score (nSPS) is 22.1. The second kappa shape index (κ2) is 5.64. The Balaban J connectivity index is 1.74. The van der Waals surface area contributed by atoms with Crippen LogP contribution >= 0.6 is 0 Å². The minimum Gasteiger partial charge on any atom is -0.378 e. The van der Waals surface area contributed by atoms with Gasteiger partial charge in [-0.05, 0) is 12.1 Å². The van der Waals surface area contributed by atoms with Crippen molar-refractivity contribution in [2.24, 2.45) is 0 Å². The average molecular weight is 273 g/mol. The zero-order valence-corrected chi connectivity index (χ0v) is 11.6. The van der Waals surface area contributed by atoms with Crippen molar-refractivity contribution in [1.29, 1.82) is 0 Å². The number of nitrogens with one attached hydrogen (secondary N) is 1. The van der Waals surface area contributed by atoms with E-state index in [-0.39, 0.29) is 5.60 Å². The number of rotatable bonds is 5. The molecule has 20 heavy (non-hydrogen) atoms. The highest BCUT2D eigenvalue weighted by Gasteiger charge is 2.35. The summed E-state index contributed by atoms with van der Waals surface area (Å²) in [6, 6.07) is 10.1. The lowest BCUT2D eigenvalue weighted by molar-refractivity contribution is -0.00632. The maximum Gasteiger partial charge on any atom is 0.207 e. The van der Waals surface area contributed by atoms with E-state index < -0.39 is 0 Å². The molecule has 1 aliphatic rings. The van der Waals surface area contributed by atoms with E-state index in [9.17, 15) is 0 Å². The zero-order valence-electron chi connectivity index (χ0n) is 11.6. The number of ether oxygens (including phenoxy) is 2. The van der Waals surface area contributed by atoms with Crippen LogP contribution in [0, 0.1) is 0 Å². The molecular formula is C15H19N3O2. The fourth-order valence-corrected chi connectivity index (χ4v) is 2.43. The van der Waals surface area contributed by atoms with Gasteiger partial charge in [0.1, 0.15) is 5.60 Å². The van der Waals surface area contributed by atoms with Gasteiger partial charge in [0.25, 0.3) is 0 Å². The predicted octanol–water partition coefficient (Wildman–Crippen LogP) is 2.09. The van der Waals surface area contributed by atoms with Crippen molar-refractivity contribution in [1.82, 2.24) is 9.55 Å². The molecule has 5 heteroatoms. The first-order valence-corrected chi connectivity index (χ1v) is 6.79. The van der Waals surface area contributed by atoms with E-state index in [1.807, 2.05) is 29.0 Å². The molecule has 0 spiro atoms. The largest absolute Gasteiger partial charge is 0.378 e.